The summed E-state index contributed by atoms with van der Waals surface area (Å²) in [6.07, 6.45) is 3.27. The van der Waals surface area contributed by atoms with Crippen LogP contribution >= 0.6 is 0 Å². The van der Waals surface area contributed by atoms with E-state index in [0.717, 1.165) is 49.2 Å². The number of para-hydroxylation sites is 2. The van der Waals surface area contributed by atoms with Crippen molar-refractivity contribution in [2.45, 2.75) is 50.6 Å². The van der Waals surface area contributed by atoms with Crippen LogP contribution in [0.1, 0.15) is 44.3 Å². The number of fused-ring (bicyclic) bond motifs is 1. The minimum atomic E-state index is -0.504. The molecule has 1 aromatic heterocycles. The van der Waals surface area contributed by atoms with Crippen LogP contribution < -0.4 is 16.0 Å². The van der Waals surface area contributed by atoms with Crippen LogP contribution in [-0.2, 0) is 9.59 Å². The summed E-state index contributed by atoms with van der Waals surface area (Å²) in [5, 5.41) is 9.15. The molecule has 1 aliphatic carbocycles. The van der Waals surface area contributed by atoms with Crippen molar-refractivity contribution in [2.75, 3.05) is 13.1 Å². The topological polar surface area (TPSA) is 98.9 Å². The van der Waals surface area contributed by atoms with Crippen molar-refractivity contribution in [3.63, 3.8) is 0 Å². The predicted octanol–water partition coefficient (Wildman–Crippen LogP) is 1.43. The summed E-state index contributed by atoms with van der Waals surface area (Å²) in [6.45, 7) is 3.60. The molecule has 1 saturated heterocycles. The number of nitrogens with one attached hydrogen (secondary N) is 4. The number of rotatable bonds is 6. The van der Waals surface area contributed by atoms with E-state index in [0.29, 0.717) is 18.3 Å². The van der Waals surface area contributed by atoms with Gasteiger partial charge in [0.05, 0.1) is 11.0 Å². The summed E-state index contributed by atoms with van der Waals surface area (Å²) >= 11 is 0. The molecule has 1 saturated carbocycles. The number of benzene rings is 1. The molecule has 144 valence electrons. The van der Waals surface area contributed by atoms with Crippen LogP contribution in [0.2, 0.25) is 0 Å². The first kappa shape index (κ1) is 18.0. The predicted molar refractivity (Wildman–Crippen MR) is 103 cm³/mol. The van der Waals surface area contributed by atoms with Crippen molar-refractivity contribution in [1.82, 2.24) is 25.9 Å². The van der Waals surface area contributed by atoms with E-state index in [-0.39, 0.29) is 17.9 Å². The second kappa shape index (κ2) is 7.68. The Kier molecular flexibility index (Phi) is 5.11. The van der Waals surface area contributed by atoms with E-state index < -0.39 is 6.04 Å². The van der Waals surface area contributed by atoms with Gasteiger partial charge >= 0.3 is 0 Å². The minimum Gasteiger partial charge on any atom is -0.351 e. The number of aromatic amines is 1. The molecule has 2 heterocycles. The third-order valence-electron chi connectivity index (χ3n) is 5.59. The Hall–Kier alpha value is -2.41. The number of carbonyl (C=O) groups excluding carboxylic acids is 2. The van der Waals surface area contributed by atoms with Crippen molar-refractivity contribution < 1.29 is 9.59 Å². The molecule has 0 bridgehead atoms. The van der Waals surface area contributed by atoms with Crippen LogP contribution in [-0.4, -0.2) is 47.0 Å². The van der Waals surface area contributed by atoms with Gasteiger partial charge in [0, 0.05) is 18.4 Å². The molecule has 2 aliphatic rings. The van der Waals surface area contributed by atoms with Crippen LogP contribution in [0.5, 0.6) is 0 Å². The molecular formula is C20H27N5O2. The fourth-order valence-corrected chi connectivity index (χ4v) is 3.85. The monoisotopic (exact) mass is 369 g/mol. The van der Waals surface area contributed by atoms with E-state index >= 15 is 0 Å². The van der Waals surface area contributed by atoms with Crippen LogP contribution in [0, 0.1) is 5.92 Å². The summed E-state index contributed by atoms with van der Waals surface area (Å²) in [7, 11) is 0. The highest BCUT2D eigenvalue weighted by molar-refractivity contribution is 5.87. The summed E-state index contributed by atoms with van der Waals surface area (Å²) in [4.78, 5) is 32.6. The molecular weight excluding hydrogens is 342 g/mol. The SMILES string of the molecule is CC(NC(=O)C[C@@H]1C[C@H]1c1nc2ccccc2[nH]1)C(=O)NC1CCNCC1. The Morgan fingerprint density at radius 2 is 2.04 bits per heavy atom. The Labute approximate surface area is 158 Å². The van der Waals surface area contributed by atoms with Crippen molar-refractivity contribution in [1.29, 1.82) is 0 Å². The number of aromatic nitrogens is 2. The van der Waals surface area contributed by atoms with E-state index in [9.17, 15) is 9.59 Å². The third kappa shape index (κ3) is 4.30. The van der Waals surface area contributed by atoms with Gasteiger partial charge in [-0.25, -0.2) is 4.98 Å². The van der Waals surface area contributed by atoms with Gasteiger partial charge < -0.3 is 20.9 Å². The van der Waals surface area contributed by atoms with Crippen LogP contribution in [0.15, 0.2) is 24.3 Å². The molecule has 0 radical (unpaired) electrons. The molecule has 2 amide bonds. The maximum Gasteiger partial charge on any atom is 0.242 e. The summed E-state index contributed by atoms with van der Waals surface area (Å²) < 4.78 is 0. The highest BCUT2D eigenvalue weighted by atomic mass is 16.2. The van der Waals surface area contributed by atoms with Crippen molar-refractivity contribution >= 4 is 22.8 Å². The molecule has 4 N–H and O–H groups in total. The smallest absolute Gasteiger partial charge is 0.242 e. The molecule has 0 spiro atoms. The average Bonchev–Trinajstić information content (AvgIpc) is 3.28. The molecule has 3 atom stereocenters. The number of carbonyl (C=O) groups is 2. The Balaban J connectivity index is 1.24. The second-order valence-electron chi connectivity index (χ2n) is 7.77. The van der Waals surface area contributed by atoms with E-state index in [2.05, 4.69) is 25.9 Å². The van der Waals surface area contributed by atoms with Gasteiger partial charge in [0.1, 0.15) is 11.9 Å². The molecule has 1 aliphatic heterocycles. The molecule has 4 rings (SSSR count). The number of H-pyrrole nitrogens is 1. The Morgan fingerprint density at radius 1 is 1.26 bits per heavy atom. The summed E-state index contributed by atoms with van der Waals surface area (Å²) in [5.74, 6) is 1.41. The number of hydrogen-bond acceptors (Lipinski definition) is 4. The first-order valence-corrected chi connectivity index (χ1v) is 9.85. The minimum absolute atomic E-state index is 0.0634. The normalized spacial score (nSPS) is 23.7. The summed E-state index contributed by atoms with van der Waals surface area (Å²) in [6, 6.07) is 7.66. The van der Waals surface area contributed by atoms with Crippen molar-refractivity contribution in [2.24, 2.45) is 5.92 Å². The lowest BCUT2D eigenvalue weighted by Gasteiger charge is -2.25. The lowest BCUT2D eigenvalue weighted by atomic mass is 10.1. The molecule has 1 aromatic carbocycles. The van der Waals surface area contributed by atoms with E-state index in [1.165, 1.54) is 0 Å². The molecule has 7 heteroatoms. The zero-order valence-electron chi connectivity index (χ0n) is 15.6. The van der Waals surface area contributed by atoms with Gasteiger partial charge in [0.25, 0.3) is 0 Å². The Morgan fingerprint density at radius 3 is 2.81 bits per heavy atom. The van der Waals surface area contributed by atoms with Gasteiger partial charge in [0.15, 0.2) is 0 Å². The van der Waals surface area contributed by atoms with E-state index in [4.69, 9.17) is 0 Å². The average molecular weight is 369 g/mol. The number of amides is 2. The highest BCUT2D eigenvalue weighted by Gasteiger charge is 2.42. The zero-order valence-corrected chi connectivity index (χ0v) is 15.6. The maximum atomic E-state index is 12.3. The lowest BCUT2D eigenvalue weighted by Crippen LogP contribution is -2.50. The first-order chi connectivity index (χ1) is 13.1. The molecule has 1 unspecified atom stereocenters. The summed E-state index contributed by atoms with van der Waals surface area (Å²) in [5.41, 5.74) is 2.00. The fraction of sp³-hybridized carbons (Fsp3) is 0.550. The number of hydrogen-bond donors (Lipinski definition) is 4. The van der Waals surface area contributed by atoms with E-state index in [1.807, 2.05) is 24.3 Å². The van der Waals surface area contributed by atoms with Gasteiger partial charge in [-0.2, -0.15) is 0 Å². The first-order valence-electron chi connectivity index (χ1n) is 9.85. The quantitative estimate of drug-likeness (QED) is 0.619. The number of nitrogens with zero attached hydrogens (tertiary/aromatic N) is 1. The zero-order chi connectivity index (χ0) is 18.8. The van der Waals surface area contributed by atoms with Gasteiger partial charge in [-0.3, -0.25) is 9.59 Å². The largest absolute Gasteiger partial charge is 0.351 e. The second-order valence-corrected chi connectivity index (χ2v) is 7.77. The molecule has 2 fully saturated rings. The molecule has 2 aromatic rings. The van der Waals surface area contributed by atoms with Crippen LogP contribution in [0.4, 0.5) is 0 Å². The fourth-order valence-electron chi connectivity index (χ4n) is 3.85. The lowest BCUT2D eigenvalue weighted by molar-refractivity contribution is -0.129. The van der Waals surface area contributed by atoms with Gasteiger partial charge in [-0.05, 0) is 57.3 Å². The number of imidazole rings is 1. The van der Waals surface area contributed by atoms with Crippen LogP contribution in [0.3, 0.4) is 0 Å². The maximum absolute atomic E-state index is 12.3. The van der Waals surface area contributed by atoms with Gasteiger partial charge in [-0.15, -0.1) is 0 Å². The van der Waals surface area contributed by atoms with Crippen molar-refractivity contribution in [3.05, 3.63) is 30.1 Å². The number of piperidine rings is 1. The molecule has 7 nitrogen and oxygen atoms in total. The van der Waals surface area contributed by atoms with Gasteiger partial charge in [0.2, 0.25) is 11.8 Å². The van der Waals surface area contributed by atoms with E-state index in [1.54, 1.807) is 6.92 Å². The third-order valence-corrected chi connectivity index (χ3v) is 5.59. The highest BCUT2D eigenvalue weighted by Crippen LogP contribution is 2.48. The molecule has 27 heavy (non-hydrogen) atoms. The standard InChI is InChI=1S/C20H27N5O2/c1-12(20(27)23-14-6-8-21-9-7-14)22-18(26)11-13-10-15(13)19-24-16-4-2-3-5-17(16)25-19/h2-5,12-15,21H,6-11H2,1H3,(H,22,26)(H,23,27)(H,24,25)/t12?,13-,15+/m0/s1. The van der Waals surface area contributed by atoms with Crippen molar-refractivity contribution in [3.8, 4) is 0 Å². The Bertz CT molecular complexity index is 794. The van der Waals surface area contributed by atoms with Crippen LogP contribution in [0.25, 0.3) is 11.0 Å². The van der Waals surface area contributed by atoms with Gasteiger partial charge in [-0.1, -0.05) is 12.1 Å².